The molecule has 17 heteroatoms. The number of rotatable bonds is 11. The number of fused-ring (bicyclic) bond motifs is 1. The molecule has 3 fully saturated rings. The molecule has 5 amide bonds. The minimum atomic E-state index is -4.63. The number of benzene rings is 2. The maximum atomic E-state index is 13.4. The van der Waals surface area contributed by atoms with Gasteiger partial charge in [0.05, 0.1) is 46.8 Å². The molecule has 4 aliphatic heterocycles. The highest BCUT2D eigenvalue weighted by atomic mass is 19.4. The Morgan fingerprint density at radius 1 is 0.877 bits per heavy atom. The monoisotopic (exact) mass is 786 g/mol. The topological polar surface area (TPSA) is 168 Å². The van der Waals surface area contributed by atoms with Crippen molar-refractivity contribution in [2.75, 3.05) is 67.5 Å². The second-order valence-electron chi connectivity index (χ2n) is 14.5. The number of hydrogen-bond acceptors (Lipinski definition) is 11. The molecule has 2 aromatic carbocycles. The molecule has 0 radical (unpaired) electrons. The Balaban J connectivity index is 0.798. The highest BCUT2D eigenvalue weighted by Gasteiger charge is 2.45. The highest BCUT2D eigenvalue weighted by molar-refractivity contribution is 6.23. The second-order valence-corrected chi connectivity index (χ2v) is 14.5. The lowest BCUT2D eigenvalue weighted by Crippen LogP contribution is -2.54. The number of nitrogens with zero attached hydrogens (tertiary/aromatic N) is 6. The fraction of sp³-hybridized carbons (Fsp3) is 0.425. The van der Waals surface area contributed by atoms with E-state index in [0.29, 0.717) is 49.8 Å². The zero-order chi connectivity index (χ0) is 40.3. The lowest BCUT2D eigenvalue weighted by atomic mass is 9.95. The predicted molar refractivity (Wildman–Crippen MR) is 200 cm³/mol. The molecule has 1 atom stereocenters. The number of anilines is 3. The normalized spacial score (nSPS) is 19.3. The average Bonchev–Trinajstić information content (AvgIpc) is 3.45. The van der Waals surface area contributed by atoms with Crippen molar-refractivity contribution >= 4 is 46.7 Å². The molecule has 0 bridgehead atoms. The molecule has 2 N–H and O–H groups in total. The van der Waals surface area contributed by atoms with E-state index in [4.69, 9.17) is 10.00 Å². The summed E-state index contributed by atoms with van der Waals surface area (Å²) in [4.78, 5) is 74.6. The molecule has 14 nitrogen and oxygen atoms in total. The first-order chi connectivity index (χ1) is 27.4. The standard InChI is InChI=1S/C40H41F3N8O6/c41-40(42,43)32-21-27(4-3-26(32)23-44)49-14-11-25(12-15-49)36(53)46-34-9-5-28(24-45-34)50-18-16-48(17-19-50)13-1-2-20-57-29-6-7-30-31(22-29)39(56)51(38(30)55)33-8-10-35(52)47-37(33)54/h3-7,9,21-22,24-25,33H,1-2,8,10-20H2,(H,45,46,53)(H,47,52,54). The van der Waals surface area contributed by atoms with Gasteiger partial charge in [0, 0.05) is 57.3 Å². The summed E-state index contributed by atoms with van der Waals surface area (Å²) < 4.78 is 46.2. The number of hydrogen-bond donors (Lipinski definition) is 2. The van der Waals surface area contributed by atoms with E-state index in [-0.39, 0.29) is 35.8 Å². The van der Waals surface area contributed by atoms with E-state index in [1.54, 1.807) is 29.3 Å². The number of amides is 5. The van der Waals surface area contributed by atoms with E-state index in [2.05, 4.69) is 25.4 Å². The number of nitriles is 1. The van der Waals surface area contributed by atoms with Gasteiger partial charge in [-0.25, -0.2) is 4.98 Å². The summed E-state index contributed by atoms with van der Waals surface area (Å²) in [7, 11) is 0. The van der Waals surface area contributed by atoms with Crippen molar-refractivity contribution in [3.05, 3.63) is 77.0 Å². The van der Waals surface area contributed by atoms with Crippen molar-refractivity contribution < 1.29 is 41.9 Å². The molecule has 4 aliphatic rings. The van der Waals surface area contributed by atoms with Crippen LogP contribution >= 0.6 is 0 Å². The van der Waals surface area contributed by atoms with Crippen LogP contribution in [0.2, 0.25) is 0 Å². The van der Waals surface area contributed by atoms with Crippen LogP contribution < -0.4 is 25.2 Å². The maximum absolute atomic E-state index is 13.4. The Morgan fingerprint density at radius 2 is 1.60 bits per heavy atom. The van der Waals surface area contributed by atoms with E-state index in [1.807, 2.05) is 6.07 Å². The van der Waals surface area contributed by atoms with Gasteiger partial charge < -0.3 is 19.9 Å². The van der Waals surface area contributed by atoms with Crippen LogP contribution in [0, 0.1) is 17.2 Å². The molecule has 0 saturated carbocycles. The predicted octanol–water partition coefficient (Wildman–Crippen LogP) is 4.21. The van der Waals surface area contributed by atoms with Crippen molar-refractivity contribution in [3.8, 4) is 11.8 Å². The van der Waals surface area contributed by atoms with E-state index < -0.39 is 47.0 Å². The molecule has 298 valence electrons. The van der Waals surface area contributed by atoms with Gasteiger partial charge in [0.15, 0.2) is 0 Å². The van der Waals surface area contributed by atoms with Gasteiger partial charge in [0.1, 0.15) is 17.6 Å². The number of imide groups is 2. The van der Waals surface area contributed by atoms with Crippen LogP contribution in [-0.4, -0.2) is 103 Å². The Morgan fingerprint density at radius 3 is 2.28 bits per heavy atom. The molecule has 57 heavy (non-hydrogen) atoms. The molecule has 3 saturated heterocycles. The van der Waals surface area contributed by atoms with E-state index in [1.165, 1.54) is 24.3 Å². The van der Waals surface area contributed by atoms with Gasteiger partial charge >= 0.3 is 6.18 Å². The molecule has 0 aliphatic carbocycles. The zero-order valence-electron chi connectivity index (χ0n) is 31.0. The molecule has 7 rings (SSSR count). The largest absolute Gasteiger partial charge is 0.494 e. The molecular formula is C40H41F3N8O6. The van der Waals surface area contributed by atoms with Gasteiger partial charge in [-0.05, 0) is 87.2 Å². The van der Waals surface area contributed by atoms with E-state index in [9.17, 15) is 37.1 Å². The van der Waals surface area contributed by atoms with Crippen LogP contribution in [0.25, 0.3) is 0 Å². The smallest absolute Gasteiger partial charge is 0.417 e. The van der Waals surface area contributed by atoms with Crippen LogP contribution in [0.4, 0.5) is 30.4 Å². The number of nitrogens with one attached hydrogen (secondary N) is 2. The van der Waals surface area contributed by atoms with Gasteiger partial charge in [-0.1, -0.05) is 0 Å². The SMILES string of the molecule is N#Cc1ccc(N2CCC(C(=O)Nc3ccc(N4CCN(CCCCOc5ccc6c(c5)C(=O)N(C5CCC(=O)NC5=O)C6=O)CC4)cn3)CC2)cc1C(F)(F)F. The Bertz CT molecular complexity index is 2090. The van der Waals surface area contributed by atoms with E-state index in [0.717, 1.165) is 62.2 Å². The van der Waals surface area contributed by atoms with Crippen LogP contribution in [-0.2, 0) is 20.6 Å². The lowest BCUT2D eigenvalue weighted by molar-refractivity contribution is -0.138. The first-order valence-corrected chi connectivity index (χ1v) is 19.0. The molecule has 0 spiro atoms. The van der Waals surface area contributed by atoms with Gasteiger partial charge in [-0.15, -0.1) is 0 Å². The molecule has 3 aromatic rings. The lowest BCUT2D eigenvalue weighted by Gasteiger charge is -2.36. The van der Waals surface area contributed by atoms with Crippen molar-refractivity contribution in [2.24, 2.45) is 5.92 Å². The Kier molecular flexibility index (Phi) is 11.4. The van der Waals surface area contributed by atoms with E-state index >= 15 is 0 Å². The maximum Gasteiger partial charge on any atom is 0.417 e. The third-order valence-corrected chi connectivity index (χ3v) is 10.9. The van der Waals surface area contributed by atoms with Crippen molar-refractivity contribution in [1.82, 2.24) is 20.1 Å². The summed E-state index contributed by atoms with van der Waals surface area (Å²) in [5.41, 5.74) is 0.335. The zero-order valence-corrected chi connectivity index (χ0v) is 31.0. The summed E-state index contributed by atoms with van der Waals surface area (Å²) in [5, 5.41) is 14.1. The number of ether oxygens (including phenoxy) is 1. The second kappa shape index (κ2) is 16.6. The van der Waals surface area contributed by atoms with Crippen LogP contribution in [0.5, 0.6) is 5.75 Å². The third kappa shape index (κ3) is 8.70. The van der Waals surface area contributed by atoms with Gasteiger partial charge in [0.2, 0.25) is 17.7 Å². The Hall–Kier alpha value is -6.02. The minimum absolute atomic E-state index is 0.0578. The molecule has 1 aromatic heterocycles. The van der Waals surface area contributed by atoms with Crippen molar-refractivity contribution in [1.29, 1.82) is 5.26 Å². The van der Waals surface area contributed by atoms with Crippen LogP contribution in [0.15, 0.2) is 54.7 Å². The summed E-state index contributed by atoms with van der Waals surface area (Å²) in [5.74, 6) is -1.79. The average molecular weight is 787 g/mol. The number of carbonyl (C=O) groups excluding carboxylic acids is 5. The number of carbonyl (C=O) groups is 5. The summed E-state index contributed by atoms with van der Waals surface area (Å²) in [6.07, 6.45) is -0.121. The first kappa shape index (κ1) is 39.2. The molecule has 1 unspecified atom stereocenters. The Labute approximate surface area is 326 Å². The third-order valence-electron chi connectivity index (χ3n) is 10.9. The minimum Gasteiger partial charge on any atom is -0.494 e. The van der Waals surface area contributed by atoms with Gasteiger partial charge in [-0.2, -0.15) is 18.4 Å². The number of alkyl halides is 3. The van der Waals surface area contributed by atoms with Crippen LogP contribution in [0.3, 0.4) is 0 Å². The number of halogens is 3. The van der Waals surface area contributed by atoms with Gasteiger partial charge in [0.25, 0.3) is 11.8 Å². The highest BCUT2D eigenvalue weighted by Crippen LogP contribution is 2.36. The fourth-order valence-electron chi connectivity index (χ4n) is 7.73. The quantitative estimate of drug-likeness (QED) is 0.211. The summed E-state index contributed by atoms with van der Waals surface area (Å²) in [6.45, 7) is 5.48. The summed E-state index contributed by atoms with van der Waals surface area (Å²) >= 11 is 0. The molecular weight excluding hydrogens is 745 g/mol. The fourth-order valence-corrected chi connectivity index (χ4v) is 7.73. The van der Waals surface area contributed by atoms with Crippen LogP contribution in [0.1, 0.15) is 70.4 Å². The number of piperazine rings is 1. The summed E-state index contributed by atoms with van der Waals surface area (Å²) in [6, 6.07) is 12.7. The number of aromatic nitrogens is 1. The van der Waals surface area contributed by atoms with Gasteiger partial charge in [-0.3, -0.25) is 39.1 Å². The number of piperidine rings is 2. The van der Waals surface area contributed by atoms with Crippen molar-refractivity contribution in [2.45, 2.75) is 50.7 Å². The molecule has 5 heterocycles. The number of unbranched alkanes of at least 4 members (excludes halogenated alkanes) is 1. The number of pyridine rings is 1. The van der Waals surface area contributed by atoms with Crippen molar-refractivity contribution in [3.63, 3.8) is 0 Å². The first-order valence-electron chi connectivity index (χ1n) is 19.0.